The maximum absolute atomic E-state index is 5.83. The summed E-state index contributed by atoms with van der Waals surface area (Å²) in [6.07, 6.45) is 2.91. The van der Waals surface area contributed by atoms with Crippen LogP contribution in [0.15, 0.2) is 40.0 Å². The topological polar surface area (TPSA) is 15.6 Å². The van der Waals surface area contributed by atoms with Gasteiger partial charge < -0.3 is 9.89 Å². The second-order valence-electron chi connectivity index (χ2n) is 3.30. The zero-order chi connectivity index (χ0) is 11.2. The minimum absolute atomic E-state index is 0. The van der Waals surface area contributed by atoms with Gasteiger partial charge in [-0.25, -0.2) is 0 Å². The minimum Gasteiger partial charge on any atom is -0.393 e. The average molecular weight is 324 g/mol. The number of hydrogen-bond donors (Lipinski definition) is 0. The van der Waals surface area contributed by atoms with E-state index in [0.29, 0.717) is 4.91 Å². The molecule has 2 aliphatic rings. The van der Waals surface area contributed by atoms with Gasteiger partial charge in [0.1, 0.15) is 5.17 Å². The Bertz CT molecular complexity index is 445. The van der Waals surface area contributed by atoms with E-state index in [1.54, 1.807) is 0 Å². The molecule has 0 saturated carbocycles. The van der Waals surface area contributed by atoms with Crippen LogP contribution in [-0.4, -0.2) is 15.9 Å². The molecule has 0 aromatic carbocycles. The van der Waals surface area contributed by atoms with Crippen LogP contribution in [0, 0.1) is 12.7 Å². The summed E-state index contributed by atoms with van der Waals surface area (Å²) < 4.78 is 0. The van der Waals surface area contributed by atoms with E-state index in [1.807, 2.05) is 11.8 Å². The molecule has 2 atom stereocenters. The third kappa shape index (κ3) is 3.31. The predicted octanol–water partition coefficient (Wildman–Crippen LogP) is -0.299. The van der Waals surface area contributed by atoms with Crippen molar-refractivity contribution in [1.82, 2.24) is 4.90 Å². The summed E-state index contributed by atoms with van der Waals surface area (Å²) in [4.78, 5) is 7.15. The molecule has 17 heavy (non-hydrogen) atoms. The van der Waals surface area contributed by atoms with E-state index in [9.17, 15) is 0 Å². The molecule has 2 heterocycles. The molecule has 83 valence electrons. The third-order valence-corrected chi connectivity index (χ3v) is 3.96. The Kier molecular flexibility index (Phi) is 7.89. The van der Waals surface area contributed by atoms with Crippen LogP contribution in [0.25, 0.3) is 0 Å². The standard InChI is InChI=1S/C11H11N2PS.K.V/c1-5-9-6(2)12-11-13(10(9)14)7(3)8(4)15-11;;/h4,10H,1,3,14H2,2H3;;/q-2;+1;. The molecule has 2 rings (SSSR count). The van der Waals surface area contributed by atoms with Crippen molar-refractivity contribution in [3.63, 3.8) is 0 Å². The molecule has 0 aliphatic carbocycles. The number of amidine groups is 1. The molecule has 0 aromatic heterocycles. The van der Waals surface area contributed by atoms with E-state index in [2.05, 4.69) is 33.5 Å². The Labute approximate surface area is 164 Å². The SMILES string of the molecule is [CH-]=C1SC2=NC(C)=C([C-]=C)C(P)N2C1=C.[K+].[V]. The number of nitrogens with zero attached hydrogens (tertiary/aromatic N) is 2. The van der Waals surface area contributed by atoms with Crippen LogP contribution in [0.2, 0.25) is 0 Å². The van der Waals surface area contributed by atoms with E-state index in [-0.39, 0.29) is 75.7 Å². The summed E-state index contributed by atoms with van der Waals surface area (Å²) in [7, 11) is 2.74. The van der Waals surface area contributed by atoms with Crippen molar-refractivity contribution in [2.75, 3.05) is 0 Å². The summed E-state index contributed by atoms with van der Waals surface area (Å²) in [6, 6.07) is 0. The molecule has 1 saturated heterocycles. The minimum atomic E-state index is 0. The number of fused-ring (bicyclic) bond motifs is 1. The Morgan fingerprint density at radius 3 is 2.71 bits per heavy atom. The maximum atomic E-state index is 5.83. The van der Waals surface area contributed by atoms with Crippen molar-refractivity contribution in [2.24, 2.45) is 4.99 Å². The Morgan fingerprint density at radius 2 is 2.18 bits per heavy atom. The van der Waals surface area contributed by atoms with Gasteiger partial charge in [-0.05, 0) is 0 Å². The van der Waals surface area contributed by atoms with Crippen LogP contribution < -0.4 is 51.4 Å². The first-order valence-electron chi connectivity index (χ1n) is 4.43. The van der Waals surface area contributed by atoms with Crippen LogP contribution in [0.1, 0.15) is 6.92 Å². The quantitative estimate of drug-likeness (QED) is 0.374. The van der Waals surface area contributed by atoms with E-state index in [0.717, 1.165) is 22.1 Å². The molecule has 0 bridgehead atoms. The van der Waals surface area contributed by atoms with Crippen molar-refractivity contribution >= 4 is 26.2 Å². The first kappa shape index (κ1) is 18.4. The van der Waals surface area contributed by atoms with Gasteiger partial charge in [-0.2, -0.15) is 18.7 Å². The van der Waals surface area contributed by atoms with Crippen LogP contribution >= 0.6 is 21.0 Å². The molecular weight excluding hydrogens is 313 g/mol. The predicted molar refractivity (Wildman–Crippen MR) is 68.9 cm³/mol. The van der Waals surface area contributed by atoms with Gasteiger partial charge in [-0.15, -0.1) is 25.5 Å². The van der Waals surface area contributed by atoms with Crippen molar-refractivity contribution < 1.29 is 69.9 Å². The van der Waals surface area contributed by atoms with Crippen molar-refractivity contribution in [3.05, 3.63) is 47.7 Å². The third-order valence-electron chi connectivity index (χ3n) is 2.40. The number of thioether (sulfide) groups is 1. The molecule has 1 fully saturated rings. The van der Waals surface area contributed by atoms with Gasteiger partial charge in [0.25, 0.3) is 0 Å². The zero-order valence-electron chi connectivity index (χ0n) is 9.90. The molecular formula is C11H11KN2PSV-. The number of aliphatic imine (C=N–C) groups is 1. The molecule has 0 spiro atoms. The fourth-order valence-corrected chi connectivity index (χ4v) is 3.29. The van der Waals surface area contributed by atoms with Crippen LogP contribution in [0.5, 0.6) is 0 Å². The number of hydrogen-bond acceptors (Lipinski definition) is 3. The summed E-state index contributed by atoms with van der Waals surface area (Å²) in [5, 5.41) is 0.883. The molecule has 2 unspecified atom stereocenters. The Balaban J connectivity index is 0.00000128. The van der Waals surface area contributed by atoms with Gasteiger partial charge in [0, 0.05) is 24.3 Å². The fraction of sp³-hybridized carbons (Fsp3) is 0.182. The first-order chi connectivity index (χ1) is 7.06. The van der Waals surface area contributed by atoms with E-state index in [1.165, 1.54) is 11.8 Å². The molecule has 0 amide bonds. The molecule has 0 N–H and O–H groups in total. The fourth-order valence-electron chi connectivity index (χ4n) is 1.58. The Hall–Kier alpha value is 1.43. The largest absolute Gasteiger partial charge is 1.00 e. The first-order valence-corrected chi connectivity index (χ1v) is 5.91. The van der Waals surface area contributed by atoms with Gasteiger partial charge in [0.15, 0.2) is 0 Å². The smallest absolute Gasteiger partial charge is 0.393 e. The number of allylic oxidation sites excluding steroid dienone is 1. The maximum Gasteiger partial charge on any atom is 1.00 e. The molecule has 2 aliphatic heterocycles. The van der Waals surface area contributed by atoms with Crippen molar-refractivity contribution in [1.29, 1.82) is 0 Å². The zero-order valence-corrected chi connectivity index (χ0v) is 16.4. The van der Waals surface area contributed by atoms with E-state index < -0.39 is 0 Å². The van der Waals surface area contributed by atoms with Gasteiger partial charge in [0.2, 0.25) is 0 Å². The van der Waals surface area contributed by atoms with Gasteiger partial charge in [-0.1, -0.05) is 18.7 Å². The van der Waals surface area contributed by atoms with E-state index >= 15 is 0 Å². The van der Waals surface area contributed by atoms with Crippen molar-refractivity contribution in [2.45, 2.75) is 12.7 Å². The van der Waals surface area contributed by atoms with Crippen LogP contribution in [0.3, 0.4) is 0 Å². The second kappa shape index (κ2) is 7.28. The van der Waals surface area contributed by atoms with Crippen LogP contribution in [-0.2, 0) is 18.6 Å². The summed E-state index contributed by atoms with van der Waals surface area (Å²) in [5.41, 5.74) is 2.71. The van der Waals surface area contributed by atoms with Gasteiger partial charge in [0.05, 0.1) is 0 Å². The molecule has 1 radical (unpaired) electrons. The van der Waals surface area contributed by atoms with Gasteiger partial charge >= 0.3 is 51.4 Å². The summed E-state index contributed by atoms with van der Waals surface area (Å²) in [5.74, 6) is 0.0797. The summed E-state index contributed by atoms with van der Waals surface area (Å²) >= 11 is 1.45. The average Bonchev–Trinajstić information content (AvgIpc) is 2.43. The summed E-state index contributed by atoms with van der Waals surface area (Å²) in [6.45, 7) is 15.4. The number of rotatable bonds is 1. The van der Waals surface area contributed by atoms with Crippen molar-refractivity contribution in [3.8, 4) is 0 Å². The monoisotopic (exact) mass is 324 g/mol. The second-order valence-corrected chi connectivity index (χ2v) is 4.94. The normalized spacial score (nSPS) is 22.6. The molecule has 2 nitrogen and oxygen atoms in total. The van der Waals surface area contributed by atoms with Crippen LogP contribution in [0.4, 0.5) is 0 Å². The van der Waals surface area contributed by atoms with Gasteiger partial charge in [-0.3, -0.25) is 12.7 Å². The van der Waals surface area contributed by atoms with E-state index in [4.69, 9.17) is 6.58 Å². The Morgan fingerprint density at radius 1 is 1.59 bits per heavy atom. The molecule has 6 heteroatoms. The molecule has 0 aromatic rings.